The molecule has 0 aliphatic carbocycles. The summed E-state index contributed by atoms with van der Waals surface area (Å²) in [5.74, 6) is 0.314. The van der Waals surface area contributed by atoms with Crippen molar-refractivity contribution in [2.24, 2.45) is 5.92 Å². The number of anilines is 1. The van der Waals surface area contributed by atoms with Crippen LogP contribution in [0.2, 0.25) is 0 Å². The zero-order chi connectivity index (χ0) is 13.1. The summed E-state index contributed by atoms with van der Waals surface area (Å²) in [6.07, 6.45) is 0.492. The van der Waals surface area contributed by atoms with Crippen molar-refractivity contribution in [3.8, 4) is 0 Å². The van der Waals surface area contributed by atoms with Crippen molar-refractivity contribution in [1.82, 2.24) is 0 Å². The third-order valence-electron chi connectivity index (χ3n) is 3.22. The van der Waals surface area contributed by atoms with Crippen molar-refractivity contribution in [3.05, 3.63) is 29.8 Å². The number of sulfone groups is 1. The second-order valence-electron chi connectivity index (χ2n) is 4.76. The highest BCUT2D eigenvalue weighted by Crippen LogP contribution is 2.16. The highest BCUT2D eigenvalue weighted by Gasteiger charge is 2.23. The van der Waals surface area contributed by atoms with Gasteiger partial charge in [0.25, 0.3) is 0 Å². The lowest BCUT2D eigenvalue weighted by Gasteiger charge is -2.16. The molecule has 0 bridgehead atoms. The standard InChI is InChI=1S/C13H21NO2S/c1-10(2)11(3)17(15,16)9-8-12-6-4-5-7-13(12)14/h4-7,10-11H,8-9,14H2,1-3H3. The van der Waals surface area contributed by atoms with Crippen molar-refractivity contribution in [1.29, 1.82) is 0 Å². The molecule has 1 unspecified atom stereocenters. The van der Waals surface area contributed by atoms with E-state index in [0.29, 0.717) is 12.1 Å². The van der Waals surface area contributed by atoms with Crippen molar-refractivity contribution in [3.63, 3.8) is 0 Å². The average Bonchev–Trinajstić information content (AvgIpc) is 2.27. The molecule has 2 N–H and O–H groups in total. The molecule has 3 nitrogen and oxygen atoms in total. The summed E-state index contributed by atoms with van der Waals surface area (Å²) < 4.78 is 24.0. The Bertz CT molecular complexity index is 466. The first-order valence-electron chi connectivity index (χ1n) is 5.89. The minimum absolute atomic E-state index is 0.146. The first kappa shape index (κ1) is 14.0. The van der Waals surface area contributed by atoms with Crippen LogP contribution in [-0.4, -0.2) is 19.4 Å². The second kappa shape index (κ2) is 5.54. The van der Waals surface area contributed by atoms with Gasteiger partial charge in [-0.25, -0.2) is 8.42 Å². The van der Waals surface area contributed by atoms with Gasteiger partial charge in [0.1, 0.15) is 0 Å². The Kier molecular flexibility index (Phi) is 4.57. The number of hydrogen-bond donors (Lipinski definition) is 1. The fourth-order valence-corrected chi connectivity index (χ4v) is 3.32. The lowest BCUT2D eigenvalue weighted by Crippen LogP contribution is -2.26. The molecule has 1 atom stereocenters. The van der Waals surface area contributed by atoms with Crippen molar-refractivity contribution < 1.29 is 8.42 Å². The summed E-state index contributed by atoms with van der Waals surface area (Å²) >= 11 is 0. The van der Waals surface area contributed by atoms with E-state index in [1.54, 1.807) is 13.0 Å². The van der Waals surface area contributed by atoms with Crippen LogP contribution in [0.15, 0.2) is 24.3 Å². The molecular weight excluding hydrogens is 234 g/mol. The maximum atomic E-state index is 12.0. The highest BCUT2D eigenvalue weighted by atomic mass is 32.2. The van der Waals surface area contributed by atoms with E-state index in [-0.39, 0.29) is 16.9 Å². The van der Waals surface area contributed by atoms with Crippen LogP contribution in [-0.2, 0) is 16.3 Å². The monoisotopic (exact) mass is 255 g/mol. The van der Waals surface area contributed by atoms with Gasteiger partial charge in [0.05, 0.1) is 11.0 Å². The Morgan fingerprint density at radius 3 is 2.29 bits per heavy atom. The van der Waals surface area contributed by atoms with Gasteiger partial charge in [-0.2, -0.15) is 0 Å². The van der Waals surface area contributed by atoms with Crippen LogP contribution < -0.4 is 5.73 Å². The predicted molar refractivity (Wildman–Crippen MR) is 72.6 cm³/mol. The molecule has 0 saturated heterocycles. The first-order valence-corrected chi connectivity index (χ1v) is 7.61. The van der Waals surface area contributed by atoms with E-state index < -0.39 is 9.84 Å². The normalized spacial score (nSPS) is 13.9. The SMILES string of the molecule is CC(C)C(C)S(=O)(=O)CCc1ccccc1N. The van der Waals surface area contributed by atoms with Gasteiger partial charge in [0, 0.05) is 5.69 Å². The van der Waals surface area contributed by atoms with E-state index in [4.69, 9.17) is 5.73 Å². The molecule has 0 fully saturated rings. The van der Waals surface area contributed by atoms with Crippen LogP contribution in [0, 0.1) is 5.92 Å². The molecular formula is C13H21NO2S. The largest absolute Gasteiger partial charge is 0.399 e. The minimum atomic E-state index is -3.03. The third kappa shape index (κ3) is 3.73. The van der Waals surface area contributed by atoms with Gasteiger partial charge in [-0.1, -0.05) is 32.0 Å². The summed E-state index contributed by atoms with van der Waals surface area (Å²) in [5, 5.41) is -0.299. The van der Waals surface area contributed by atoms with Gasteiger partial charge in [-0.15, -0.1) is 0 Å². The Labute approximate surface area is 104 Å². The van der Waals surface area contributed by atoms with Crippen LogP contribution in [0.3, 0.4) is 0 Å². The predicted octanol–water partition coefficient (Wildman–Crippen LogP) is 2.27. The fourth-order valence-electron chi connectivity index (χ4n) is 1.61. The topological polar surface area (TPSA) is 60.2 Å². The number of para-hydroxylation sites is 1. The molecule has 0 saturated carbocycles. The third-order valence-corrected chi connectivity index (χ3v) is 5.67. The lowest BCUT2D eigenvalue weighted by atomic mass is 10.1. The van der Waals surface area contributed by atoms with Gasteiger partial charge < -0.3 is 5.73 Å². The quantitative estimate of drug-likeness (QED) is 0.821. The lowest BCUT2D eigenvalue weighted by molar-refractivity contribution is 0.545. The maximum Gasteiger partial charge on any atom is 0.153 e. The summed E-state index contributed by atoms with van der Waals surface area (Å²) in [5.41, 5.74) is 7.37. The Hall–Kier alpha value is -1.03. The number of rotatable bonds is 5. The molecule has 1 rings (SSSR count). The van der Waals surface area contributed by atoms with E-state index in [1.807, 2.05) is 32.0 Å². The molecule has 1 aromatic carbocycles. The number of benzene rings is 1. The fraction of sp³-hybridized carbons (Fsp3) is 0.538. The molecule has 0 amide bonds. The zero-order valence-electron chi connectivity index (χ0n) is 10.7. The molecule has 0 radical (unpaired) electrons. The van der Waals surface area contributed by atoms with Crippen LogP contribution in [0.1, 0.15) is 26.3 Å². The Balaban J connectivity index is 2.72. The average molecular weight is 255 g/mol. The zero-order valence-corrected chi connectivity index (χ0v) is 11.5. The van der Waals surface area contributed by atoms with Gasteiger partial charge in [0.2, 0.25) is 0 Å². The second-order valence-corrected chi connectivity index (χ2v) is 7.24. The van der Waals surface area contributed by atoms with Crippen LogP contribution in [0.25, 0.3) is 0 Å². The number of nitrogen functional groups attached to an aromatic ring is 1. The van der Waals surface area contributed by atoms with Gasteiger partial charge >= 0.3 is 0 Å². The van der Waals surface area contributed by atoms with E-state index in [9.17, 15) is 8.42 Å². The summed E-state index contributed by atoms with van der Waals surface area (Å²) in [6, 6.07) is 7.41. The van der Waals surface area contributed by atoms with Crippen molar-refractivity contribution in [2.75, 3.05) is 11.5 Å². The molecule has 0 aliphatic heterocycles. The smallest absolute Gasteiger partial charge is 0.153 e. The molecule has 0 aliphatic rings. The van der Waals surface area contributed by atoms with E-state index in [1.165, 1.54) is 0 Å². The summed E-state index contributed by atoms with van der Waals surface area (Å²) in [7, 11) is -3.03. The van der Waals surface area contributed by atoms with Crippen LogP contribution in [0.5, 0.6) is 0 Å². The number of nitrogens with two attached hydrogens (primary N) is 1. The maximum absolute atomic E-state index is 12.0. The Morgan fingerprint density at radius 1 is 1.18 bits per heavy atom. The summed E-state index contributed by atoms with van der Waals surface area (Å²) in [4.78, 5) is 0. The molecule has 4 heteroatoms. The van der Waals surface area contributed by atoms with Gasteiger partial charge in [0.15, 0.2) is 9.84 Å². The first-order chi connectivity index (χ1) is 7.84. The van der Waals surface area contributed by atoms with E-state index in [0.717, 1.165) is 5.56 Å². The molecule has 1 aromatic rings. The summed E-state index contributed by atoms with van der Waals surface area (Å²) in [6.45, 7) is 5.63. The van der Waals surface area contributed by atoms with Crippen LogP contribution >= 0.6 is 0 Å². The Morgan fingerprint density at radius 2 is 1.76 bits per heavy atom. The molecule has 96 valence electrons. The molecule has 0 aromatic heterocycles. The van der Waals surface area contributed by atoms with Gasteiger partial charge in [-0.05, 0) is 30.9 Å². The highest BCUT2D eigenvalue weighted by molar-refractivity contribution is 7.92. The van der Waals surface area contributed by atoms with Gasteiger partial charge in [-0.3, -0.25) is 0 Å². The van der Waals surface area contributed by atoms with Crippen molar-refractivity contribution in [2.45, 2.75) is 32.4 Å². The number of hydrogen-bond acceptors (Lipinski definition) is 3. The number of aryl methyl sites for hydroxylation is 1. The minimum Gasteiger partial charge on any atom is -0.399 e. The van der Waals surface area contributed by atoms with E-state index in [2.05, 4.69) is 0 Å². The molecule has 17 heavy (non-hydrogen) atoms. The van der Waals surface area contributed by atoms with E-state index >= 15 is 0 Å². The van der Waals surface area contributed by atoms with Crippen LogP contribution in [0.4, 0.5) is 5.69 Å². The molecule has 0 heterocycles. The molecule has 0 spiro atoms. The van der Waals surface area contributed by atoms with Crippen molar-refractivity contribution >= 4 is 15.5 Å².